The zero-order valence-electron chi connectivity index (χ0n) is 10.4. The van der Waals surface area contributed by atoms with Gasteiger partial charge in [0.05, 0.1) is 22.5 Å². The quantitative estimate of drug-likeness (QED) is 0.739. The predicted octanol–water partition coefficient (Wildman–Crippen LogP) is 2.64. The van der Waals surface area contributed by atoms with Gasteiger partial charge in [0.1, 0.15) is 10.6 Å². The van der Waals surface area contributed by atoms with Crippen LogP contribution in [0.3, 0.4) is 0 Å². The minimum Gasteiger partial charge on any atom is -0.320 e. The summed E-state index contributed by atoms with van der Waals surface area (Å²) in [5, 5.41) is 7.32. The molecular formula is C13H10N4OS. The number of imidazole rings is 1. The van der Waals surface area contributed by atoms with Gasteiger partial charge in [0.25, 0.3) is 5.91 Å². The second-order valence-electron chi connectivity index (χ2n) is 4.67. The number of thiophene rings is 1. The molecule has 0 radical (unpaired) electrons. The first-order valence-electron chi connectivity index (χ1n) is 5.91. The van der Waals surface area contributed by atoms with Crippen LogP contribution in [0.25, 0.3) is 16.2 Å². The summed E-state index contributed by atoms with van der Waals surface area (Å²) in [6, 6.07) is 3.98. The third-order valence-electron chi connectivity index (χ3n) is 3.17. The molecule has 3 aromatic rings. The number of amides is 1. The summed E-state index contributed by atoms with van der Waals surface area (Å²) in [4.78, 5) is 17.5. The Kier molecular flexibility index (Phi) is 1.92. The van der Waals surface area contributed by atoms with E-state index >= 15 is 0 Å². The molecule has 0 spiro atoms. The minimum atomic E-state index is 0.00234. The van der Waals surface area contributed by atoms with Crippen LogP contribution in [0.15, 0.2) is 18.3 Å². The molecule has 94 valence electrons. The second-order valence-corrected chi connectivity index (χ2v) is 5.72. The van der Waals surface area contributed by atoms with Crippen LogP contribution in [0.1, 0.15) is 20.9 Å². The van der Waals surface area contributed by atoms with E-state index in [1.165, 1.54) is 11.3 Å². The van der Waals surface area contributed by atoms with Crippen molar-refractivity contribution in [3.05, 3.63) is 34.5 Å². The fourth-order valence-corrected chi connectivity index (χ4v) is 3.23. The summed E-state index contributed by atoms with van der Waals surface area (Å²) in [6.45, 7) is 3.97. The van der Waals surface area contributed by atoms with Crippen molar-refractivity contribution >= 4 is 28.6 Å². The Balaban J connectivity index is 1.92. The van der Waals surface area contributed by atoms with Gasteiger partial charge < -0.3 is 5.32 Å². The van der Waals surface area contributed by atoms with Crippen molar-refractivity contribution in [2.45, 2.75) is 13.8 Å². The Bertz CT molecular complexity index is 846. The number of aryl methyl sites for hydroxylation is 2. The molecule has 0 aromatic carbocycles. The van der Waals surface area contributed by atoms with Crippen molar-refractivity contribution < 1.29 is 4.79 Å². The van der Waals surface area contributed by atoms with Gasteiger partial charge in [-0.3, -0.25) is 4.79 Å². The van der Waals surface area contributed by atoms with E-state index in [1.807, 2.05) is 32.2 Å². The fraction of sp³-hybridized carbons (Fsp3) is 0.154. The van der Waals surface area contributed by atoms with Crippen molar-refractivity contribution in [1.29, 1.82) is 0 Å². The molecule has 0 fully saturated rings. The smallest absolute Gasteiger partial charge is 0.267 e. The van der Waals surface area contributed by atoms with E-state index in [-0.39, 0.29) is 5.91 Å². The van der Waals surface area contributed by atoms with Crippen LogP contribution in [0.4, 0.5) is 5.69 Å². The zero-order valence-corrected chi connectivity index (χ0v) is 11.2. The van der Waals surface area contributed by atoms with Crippen LogP contribution in [0.5, 0.6) is 0 Å². The van der Waals surface area contributed by atoms with Crippen LogP contribution in [0.2, 0.25) is 0 Å². The lowest BCUT2D eigenvalue weighted by Gasteiger charge is -2.11. The van der Waals surface area contributed by atoms with Crippen LogP contribution in [-0.2, 0) is 0 Å². The van der Waals surface area contributed by atoms with Gasteiger partial charge in [-0.2, -0.15) is 5.10 Å². The first kappa shape index (κ1) is 10.7. The molecule has 4 heterocycles. The number of nitrogens with zero attached hydrogens (tertiary/aromatic N) is 3. The Labute approximate surface area is 112 Å². The lowest BCUT2D eigenvalue weighted by atomic mass is 10.2. The molecule has 1 amide bonds. The zero-order chi connectivity index (χ0) is 13.1. The van der Waals surface area contributed by atoms with E-state index in [1.54, 1.807) is 4.52 Å². The summed E-state index contributed by atoms with van der Waals surface area (Å²) in [5.74, 6) is 0.00234. The van der Waals surface area contributed by atoms with Crippen LogP contribution >= 0.6 is 11.3 Å². The molecule has 3 aromatic heterocycles. The molecule has 0 atom stereocenters. The normalized spacial score (nSPS) is 13.3. The molecular weight excluding hydrogens is 260 g/mol. The molecule has 0 saturated heterocycles. The van der Waals surface area contributed by atoms with Crippen LogP contribution < -0.4 is 5.32 Å². The molecule has 1 aliphatic rings. The number of hydrogen-bond acceptors (Lipinski definition) is 4. The van der Waals surface area contributed by atoms with Crippen LogP contribution in [0, 0.1) is 13.8 Å². The SMILES string of the molecule is Cc1cn2nc(-c3cc4c(s3)C(=O)N4)cc(C)c2n1. The van der Waals surface area contributed by atoms with E-state index < -0.39 is 0 Å². The fourth-order valence-electron chi connectivity index (χ4n) is 2.26. The third kappa shape index (κ3) is 1.43. The third-order valence-corrected chi connectivity index (χ3v) is 4.33. The van der Waals surface area contributed by atoms with Gasteiger partial charge in [-0.25, -0.2) is 9.50 Å². The highest BCUT2D eigenvalue weighted by molar-refractivity contribution is 7.18. The maximum Gasteiger partial charge on any atom is 0.267 e. The highest BCUT2D eigenvalue weighted by Gasteiger charge is 2.27. The monoisotopic (exact) mass is 270 g/mol. The van der Waals surface area contributed by atoms with Gasteiger partial charge in [0.2, 0.25) is 0 Å². The predicted molar refractivity (Wildman–Crippen MR) is 73.7 cm³/mol. The Morgan fingerprint density at radius 2 is 2.16 bits per heavy atom. The number of nitrogens with one attached hydrogen (secondary N) is 1. The van der Waals surface area contributed by atoms with E-state index in [2.05, 4.69) is 15.4 Å². The minimum absolute atomic E-state index is 0.00234. The molecule has 6 heteroatoms. The molecule has 1 aliphatic heterocycles. The Hall–Kier alpha value is -2.21. The summed E-state index contributed by atoms with van der Waals surface area (Å²) < 4.78 is 1.80. The summed E-state index contributed by atoms with van der Waals surface area (Å²) >= 11 is 1.48. The van der Waals surface area contributed by atoms with Crippen LogP contribution in [-0.4, -0.2) is 20.5 Å². The first-order valence-corrected chi connectivity index (χ1v) is 6.72. The molecule has 0 bridgehead atoms. The van der Waals surface area contributed by atoms with Crippen molar-refractivity contribution in [1.82, 2.24) is 14.6 Å². The Morgan fingerprint density at radius 3 is 2.89 bits per heavy atom. The van der Waals surface area contributed by atoms with Gasteiger partial charge in [-0.05, 0) is 31.5 Å². The standard InChI is InChI=1S/C13H10N4OS/c1-6-3-8(16-17-5-7(2)14-12(6)17)10-4-9-11(19-10)13(18)15-9/h3-5H,1-2H3,(H,15,18). The van der Waals surface area contributed by atoms with Gasteiger partial charge in [0.15, 0.2) is 5.65 Å². The molecule has 5 nitrogen and oxygen atoms in total. The number of carbonyl (C=O) groups excluding carboxylic acids is 1. The number of aromatic nitrogens is 3. The number of carbonyl (C=O) groups is 1. The summed E-state index contributed by atoms with van der Waals surface area (Å²) in [5.41, 5.74) is 4.68. The van der Waals surface area contributed by atoms with Crippen molar-refractivity contribution in [3.63, 3.8) is 0 Å². The van der Waals surface area contributed by atoms with E-state index in [0.717, 1.165) is 38.0 Å². The molecule has 4 rings (SSSR count). The maximum absolute atomic E-state index is 11.3. The number of fused-ring (bicyclic) bond motifs is 2. The van der Waals surface area contributed by atoms with Gasteiger partial charge in [-0.15, -0.1) is 11.3 Å². The van der Waals surface area contributed by atoms with E-state index in [9.17, 15) is 4.79 Å². The van der Waals surface area contributed by atoms with Gasteiger partial charge >= 0.3 is 0 Å². The molecule has 1 N–H and O–H groups in total. The number of anilines is 1. The molecule has 0 saturated carbocycles. The highest BCUT2D eigenvalue weighted by Crippen LogP contribution is 2.39. The average molecular weight is 270 g/mol. The van der Waals surface area contributed by atoms with Crippen molar-refractivity contribution in [2.75, 3.05) is 5.32 Å². The summed E-state index contributed by atoms with van der Waals surface area (Å²) in [7, 11) is 0. The summed E-state index contributed by atoms with van der Waals surface area (Å²) in [6.07, 6.45) is 1.91. The largest absolute Gasteiger partial charge is 0.320 e. The lowest BCUT2D eigenvalue weighted by Crippen LogP contribution is -2.21. The second kappa shape index (κ2) is 3.42. The Morgan fingerprint density at radius 1 is 1.32 bits per heavy atom. The van der Waals surface area contributed by atoms with E-state index in [4.69, 9.17) is 0 Å². The van der Waals surface area contributed by atoms with Gasteiger partial charge in [-0.1, -0.05) is 0 Å². The number of hydrogen-bond donors (Lipinski definition) is 1. The van der Waals surface area contributed by atoms with Gasteiger partial charge in [0, 0.05) is 0 Å². The maximum atomic E-state index is 11.3. The molecule has 0 aliphatic carbocycles. The average Bonchev–Trinajstić information content (AvgIpc) is 2.89. The lowest BCUT2D eigenvalue weighted by molar-refractivity contribution is 0.101. The van der Waals surface area contributed by atoms with E-state index in [0.29, 0.717) is 0 Å². The molecule has 0 unspecified atom stereocenters. The number of rotatable bonds is 1. The molecule has 19 heavy (non-hydrogen) atoms. The van der Waals surface area contributed by atoms with Crippen molar-refractivity contribution in [3.8, 4) is 10.6 Å². The first-order chi connectivity index (χ1) is 9.11. The topological polar surface area (TPSA) is 59.3 Å². The van der Waals surface area contributed by atoms with Crippen molar-refractivity contribution in [2.24, 2.45) is 0 Å². The highest BCUT2D eigenvalue weighted by atomic mass is 32.1.